The van der Waals surface area contributed by atoms with Crippen molar-refractivity contribution in [3.63, 3.8) is 0 Å². The molecular weight excluding hydrogens is 335 g/mol. The van der Waals surface area contributed by atoms with Crippen molar-refractivity contribution in [2.75, 3.05) is 31.6 Å². The number of likely N-dealkylation sites (N-methyl/N-ethyl adjacent to an activating group) is 1. The Morgan fingerprint density at radius 2 is 1.84 bits per heavy atom. The highest BCUT2D eigenvalue weighted by Crippen LogP contribution is 2.43. The standard InChI is InChI=1S/C16H14F3N5O/c1-23-7-15(12-13(23)22-5-4-21-12)8-24(9-15)14(25)10-2-3-20-11(6-10)16(17,18)19/h2-6H,7-9H2,1H3. The number of rotatable bonds is 1. The van der Waals surface area contributed by atoms with E-state index >= 15 is 0 Å². The lowest BCUT2D eigenvalue weighted by Gasteiger charge is -2.47. The van der Waals surface area contributed by atoms with E-state index in [1.807, 2.05) is 11.9 Å². The van der Waals surface area contributed by atoms with Crippen LogP contribution >= 0.6 is 0 Å². The van der Waals surface area contributed by atoms with E-state index < -0.39 is 17.8 Å². The van der Waals surface area contributed by atoms with E-state index in [0.717, 1.165) is 23.8 Å². The molecule has 0 radical (unpaired) electrons. The molecule has 1 fully saturated rings. The smallest absolute Gasteiger partial charge is 0.357 e. The lowest BCUT2D eigenvalue weighted by molar-refractivity contribution is -0.141. The topological polar surface area (TPSA) is 62.2 Å². The SMILES string of the molecule is CN1CC2(CN(C(=O)c3ccnc(C(F)(F)F)c3)C2)c2nccnc21. The number of carbonyl (C=O) groups is 1. The van der Waals surface area contributed by atoms with Crippen molar-refractivity contribution in [1.82, 2.24) is 19.9 Å². The van der Waals surface area contributed by atoms with Gasteiger partial charge in [0.05, 0.1) is 11.1 Å². The number of anilines is 1. The van der Waals surface area contributed by atoms with Gasteiger partial charge in [0.2, 0.25) is 0 Å². The molecule has 25 heavy (non-hydrogen) atoms. The minimum absolute atomic E-state index is 0.0112. The minimum Gasteiger partial charge on any atom is -0.357 e. The molecule has 2 aliphatic rings. The van der Waals surface area contributed by atoms with Gasteiger partial charge in [0.25, 0.3) is 5.91 Å². The Morgan fingerprint density at radius 3 is 2.56 bits per heavy atom. The van der Waals surface area contributed by atoms with Crippen LogP contribution in [0.3, 0.4) is 0 Å². The first-order valence-corrected chi connectivity index (χ1v) is 7.65. The van der Waals surface area contributed by atoms with Crippen molar-refractivity contribution in [1.29, 1.82) is 0 Å². The highest BCUT2D eigenvalue weighted by molar-refractivity contribution is 5.95. The van der Waals surface area contributed by atoms with Gasteiger partial charge in [-0.3, -0.25) is 14.8 Å². The molecule has 0 bridgehead atoms. The quantitative estimate of drug-likeness (QED) is 0.785. The number of pyridine rings is 1. The predicted octanol–water partition coefficient (Wildman–Crippen LogP) is 1.73. The molecule has 2 aliphatic heterocycles. The molecule has 0 atom stereocenters. The van der Waals surface area contributed by atoms with Crippen LogP contribution < -0.4 is 4.90 Å². The first kappa shape index (κ1) is 15.8. The van der Waals surface area contributed by atoms with Gasteiger partial charge in [-0.25, -0.2) is 4.98 Å². The number of hydrogen-bond donors (Lipinski definition) is 0. The number of aromatic nitrogens is 3. The molecular formula is C16H14F3N5O. The average molecular weight is 349 g/mol. The molecule has 0 unspecified atom stereocenters. The van der Waals surface area contributed by atoms with Crippen LogP contribution in [0.1, 0.15) is 21.7 Å². The van der Waals surface area contributed by atoms with Gasteiger partial charge in [-0.05, 0) is 12.1 Å². The Bertz CT molecular complexity index is 848. The fourth-order valence-corrected chi connectivity index (χ4v) is 3.57. The van der Waals surface area contributed by atoms with E-state index in [1.54, 1.807) is 12.4 Å². The van der Waals surface area contributed by atoms with Crippen LogP contribution in [0.2, 0.25) is 0 Å². The van der Waals surface area contributed by atoms with E-state index in [2.05, 4.69) is 15.0 Å². The summed E-state index contributed by atoms with van der Waals surface area (Å²) < 4.78 is 38.3. The third-order valence-corrected chi connectivity index (χ3v) is 4.65. The van der Waals surface area contributed by atoms with E-state index in [9.17, 15) is 18.0 Å². The first-order chi connectivity index (χ1) is 11.8. The van der Waals surface area contributed by atoms with Gasteiger partial charge in [0.15, 0.2) is 5.82 Å². The largest absolute Gasteiger partial charge is 0.433 e. The predicted molar refractivity (Wildman–Crippen MR) is 82.1 cm³/mol. The average Bonchev–Trinajstić information content (AvgIpc) is 2.86. The number of halogens is 3. The number of amides is 1. The van der Waals surface area contributed by atoms with Crippen LogP contribution in [-0.2, 0) is 11.6 Å². The van der Waals surface area contributed by atoms with Crippen molar-refractivity contribution in [2.45, 2.75) is 11.6 Å². The maximum absolute atomic E-state index is 12.8. The highest BCUT2D eigenvalue weighted by Gasteiger charge is 2.53. The lowest BCUT2D eigenvalue weighted by Crippen LogP contribution is -2.63. The molecule has 0 saturated carbocycles. The second kappa shape index (κ2) is 5.14. The molecule has 6 nitrogen and oxygen atoms in total. The van der Waals surface area contributed by atoms with Crippen molar-refractivity contribution in [3.8, 4) is 0 Å². The fourth-order valence-electron chi connectivity index (χ4n) is 3.57. The Morgan fingerprint density at radius 1 is 1.12 bits per heavy atom. The summed E-state index contributed by atoms with van der Waals surface area (Å²) in [4.78, 5) is 28.0. The molecule has 0 aromatic carbocycles. The second-order valence-electron chi connectivity index (χ2n) is 6.45. The number of fused-ring (bicyclic) bond motifs is 2. The van der Waals surface area contributed by atoms with Gasteiger partial charge in [-0.15, -0.1) is 0 Å². The normalized spacial score (nSPS) is 18.2. The number of hydrogen-bond acceptors (Lipinski definition) is 5. The molecule has 0 N–H and O–H groups in total. The van der Waals surface area contributed by atoms with Crippen LogP contribution in [0, 0.1) is 0 Å². The zero-order valence-electron chi connectivity index (χ0n) is 13.3. The summed E-state index contributed by atoms with van der Waals surface area (Å²) in [6, 6.07) is 2.10. The molecule has 2 aromatic rings. The summed E-state index contributed by atoms with van der Waals surface area (Å²) >= 11 is 0. The van der Waals surface area contributed by atoms with E-state index in [-0.39, 0.29) is 11.0 Å². The molecule has 9 heteroatoms. The summed E-state index contributed by atoms with van der Waals surface area (Å²) in [5.41, 5.74) is -0.533. The first-order valence-electron chi connectivity index (χ1n) is 7.65. The van der Waals surface area contributed by atoms with Gasteiger partial charge in [0.1, 0.15) is 5.69 Å². The third-order valence-electron chi connectivity index (χ3n) is 4.65. The van der Waals surface area contributed by atoms with Crippen molar-refractivity contribution in [3.05, 3.63) is 47.7 Å². The maximum atomic E-state index is 12.8. The van der Waals surface area contributed by atoms with Crippen LogP contribution in [0.25, 0.3) is 0 Å². The Kier molecular flexibility index (Phi) is 3.25. The Balaban J connectivity index is 1.55. The zero-order valence-corrected chi connectivity index (χ0v) is 13.3. The fraction of sp³-hybridized carbons (Fsp3) is 0.375. The summed E-state index contributed by atoms with van der Waals surface area (Å²) in [6.07, 6.45) is -0.334. The minimum atomic E-state index is -4.57. The molecule has 1 saturated heterocycles. The van der Waals surface area contributed by atoms with Gasteiger partial charge in [-0.2, -0.15) is 13.2 Å². The van der Waals surface area contributed by atoms with Gasteiger partial charge in [0, 0.05) is 50.8 Å². The molecule has 1 spiro atoms. The third kappa shape index (κ3) is 2.41. The molecule has 130 valence electrons. The Labute approximate surface area is 141 Å². The number of likely N-dealkylation sites (tertiary alicyclic amines) is 1. The van der Waals surface area contributed by atoms with E-state index in [1.165, 1.54) is 11.0 Å². The van der Waals surface area contributed by atoms with E-state index in [0.29, 0.717) is 19.6 Å². The Hall–Kier alpha value is -2.71. The molecule has 2 aromatic heterocycles. The number of nitrogens with zero attached hydrogens (tertiary/aromatic N) is 5. The molecule has 1 amide bonds. The van der Waals surface area contributed by atoms with Gasteiger partial charge < -0.3 is 9.80 Å². The summed E-state index contributed by atoms with van der Waals surface area (Å²) in [7, 11) is 1.91. The summed E-state index contributed by atoms with van der Waals surface area (Å²) in [5, 5.41) is 0. The van der Waals surface area contributed by atoms with Gasteiger partial charge >= 0.3 is 6.18 Å². The number of carbonyl (C=O) groups excluding carboxylic acids is 1. The van der Waals surface area contributed by atoms with Crippen LogP contribution in [-0.4, -0.2) is 52.4 Å². The second-order valence-corrected chi connectivity index (χ2v) is 6.45. The summed E-state index contributed by atoms with van der Waals surface area (Å²) in [6.45, 7) is 1.50. The zero-order chi connectivity index (χ0) is 17.8. The maximum Gasteiger partial charge on any atom is 0.433 e. The van der Waals surface area contributed by atoms with Crippen LogP contribution in [0.4, 0.5) is 19.0 Å². The monoisotopic (exact) mass is 349 g/mol. The van der Waals surface area contributed by atoms with Crippen LogP contribution in [0.15, 0.2) is 30.7 Å². The molecule has 0 aliphatic carbocycles. The number of alkyl halides is 3. The molecule has 4 heterocycles. The van der Waals surface area contributed by atoms with Crippen molar-refractivity contribution >= 4 is 11.7 Å². The van der Waals surface area contributed by atoms with E-state index in [4.69, 9.17) is 0 Å². The van der Waals surface area contributed by atoms with Crippen molar-refractivity contribution in [2.24, 2.45) is 0 Å². The lowest BCUT2D eigenvalue weighted by atomic mass is 9.78. The molecule has 4 rings (SSSR count). The summed E-state index contributed by atoms with van der Waals surface area (Å²) in [5.74, 6) is 0.358. The van der Waals surface area contributed by atoms with Crippen LogP contribution in [0.5, 0.6) is 0 Å². The van der Waals surface area contributed by atoms with Gasteiger partial charge in [-0.1, -0.05) is 0 Å². The highest BCUT2D eigenvalue weighted by atomic mass is 19.4. The van der Waals surface area contributed by atoms with Crippen molar-refractivity contribution < 1.29 is 18.0 Å².